The lowest BCUT2D eigenvalue weighted by Gasteiger charge is -2.35. The van der Waals surface area contributed by atoms with Crippen molar-refractivity contribution in [3.05, 3.63) is 0 Å². The normalized spacial score (nSPS) is 18.7. The smallest absolute Gasteiger partial charge is 0.0839 e. The van der Waals surface area contributed by atoms with Crippen LogP contribution in [-0.2, 0) is 0 Å². The van der Waals surface area contributed by atoms with Crippen molar-refractivity contribution < 1.29 is 5.11 Å². The van der Waals surface area contributed by atoms with Gasteiger partial charge in [0.25, 0.3) is 0 Å². The van der Waals surface area contributed by atoms with Gasteiger partial charge in [0.05, 0.1) is 12.3 Å². The summed E-state index contributed by atoms with van der Waals surface area (Å²) in [5, 5.41) is 9.40. The third-order valence-corrected chi connectivity index (χ3v) is 2.52. The molecule has 0 bridgehead atoms. The predicted octanol–water partition coefficient (Wildman–Crippen LogP) is 1.16. The Hall–Kier alpha value is -0.120. The van der Waals surface area contributed by atoms with E-state index >= 15 is 0 Å². The van der Waals surface area contributed by atoms with Crippen LogP contribution in [0.4, 0.5) is 0 Å². The van der Waals surface area contributed by atoms with E-state index in [2.05, 4.69) is 25.7 Å². The summed E-state index contributed by atoms with van der Waals surface area (Å²) in [5.41, 5.74) is 5.90. The molecule has 0 aromatic rings. The van der Waals surface area contributed by atoms with Crippen LogP contribution < -0.4 is 5.73 Å². The molecule has 0 amide bonds. The first-order valence-corrected chi connectivity index (χ1v) is 5.23. The highest BCUT2D eigenvalue weighted by molar-refractivity contribution is 4.74. The van der Waals surface area contributed by atoms with Gasteiger partial charge in [-0.05, 0) is 33.2 Å². The van der Waals surface area contributed by atoms with Crippen LogP contribution >= 0.6 is 0 Å². The Morgan fingerprint density at radius 1 is 1.31 bits per heavy atom. The Balaban J connectivity index is 4.22. The van der Waals surface area contributed by atoms with Crippen LogP contribution in [-0.4, -0.2) is 34.9 Å². The summed E-state index contributed by atoms with van der Waals surface area (Å²) in [4.78, 5) is 2.17. The highest BCUT2D eigenvalue weighted by atomic mass is 16.3. The van der Waals surface area contributed by atoms with Gasteiger partial charge in [-0.3, -0.25) is 4.90 Å². The van der Waals surface area contributed by atoms with E-state index in [4.69, 9.17) is 5.73 Å². The second-order valence-electron chi connectivity index (χ2n) is 3.73. The lowest BCUT2D eigenvalue weighted by atomic mass is 10.1. The SMILES string of the molecule is CCCN(C(C)CC)C(N)C(C)O. The van der Waals surface area contributed by atoms with E-state index < -0.39 is 6.10 Å². The molecule has 0 aromatic carbocycles. The van der Waals surface area contributed by atoms with Crippen molar-refractivity contribution in [1.29, 1.82) is 0 Å². The van der Waals surface area contributed by atoms with E-state index in [1.165, 1.54) is 0 Å². The number of nitrogens with zero attached hydrogens (tertiary/aromatic N) is 1. The molecule has 0 aliphatic rings. The van der Waals surface area contributed by atoms with Crippen molar-refractivity contribution in [3.8, 4) is 0 Å². The van der Waals surface area contributed by atoms with Gasteiger partial charge in [0.2, 0.25) is 0 Å². The number of aliphatic hydroxyl groups is 1. The first kappa shape index (κ1) is 12.9. The monoisotopic (exact) mass is 188 g/mol. The van der Waals surface area contributed by atoms with Crippen LogP contribution in [0.15, 0.2) is 0 Å². The number of rotatable bonds is 6. The fourth-order valence-corrected chi connectivity index (χ4v) is 1.43. The Kier molecular flexibility index (Phi) is 6.29. The minimum atomic E-state index is -0.458. The van der Waals surface area contributed by atoms with Crippen molar-refractivity contribution in [2.24, 2.45) is 5.73 Å². The molecule has 0 saturated carbocycles. The maximum atomic E-state index is 9.40. The Morgan fingerprint density at radius 3 is 2.15 bits per heavy atom. The molecular weight excluding hydrogens is 164 g/mol. The first-order valence-electron chi connectivity index (χ1n) is 5.23. The van der Waals surface area contributed by atoms with Crippen LogP contribution in [0.5, 0.6) is 0 Å². The third kappa shape index (κ3) is 4.07. The van der Waals surface area contributed by atoms with E-state index in [-0.39, 0.29) is 6.17 Å². The zero-order valence-electron chi connectivity index (χ0n) is 9.33. The summed E-state index contributed by atoms with van der Waals surface area (Å²) in [7, 11) is 0. The number of hydrogen-bond acceptors (Lipinski definition) is 3. The van der Waals surface area contributed by atoms with Gasteiger partial charge in [-0.25, -0.2) is 0 Å². The molecule has 3 unspecified atom stereocenters. The highest BCUT2D eigenvalue weighted by Gasteiger charge is 2.21. The molecule has 3 N–H and O–H groups in total. The van der Waals surface area contributed by atoms with Crippen molar-refractivity contribution in [3.63, 3.8) is 0 Å². The highest BCUT2D eigenvalue weighted by Crippen LogP contribution is 2.09. The minimum Gasteiger partial charge on any atom is -0.390 e. The summed E-state index contributed by atoms with van der Waals surface area (Å²) < 4.78 is 0. The predicted molar refractivity (Wildman–Crippen MR) is 56.4 cm³/mol. The van der Waals surface area contributed by atoms with E-state index in [9.17, 15) is 5.11 Å². The van der Waals surface area contributed by atoms with E-state index in [0.29, 0.717) is 6.04 Å². The van der Waals surface area contributed by atoms with Crippen molar-refractivity contribution in [2.45, 2.75) is 58.8 Å². The Morgan fingerprint density at radius 2 is 1.85 bits per heavy atom. The molecule has 3 heteroatoms. The number of nitrogens with two attached hydrogens (primary N) is 1. The lowest BCUT2D eigenvalue weighted by Crippen LogP contribution is -2.52. The van der Waals surface area contributed by atoms with Crippen LogP contribution in [0.25, 0.3) is 0 Å². The second kappa shape index (κ2) is 6.35. The van der Waals surface area contributed by atoms with Crippen molar-refractivity contribution in [1.82, 2.24) is 4.90 Å². The second-order valence-corrected chi connectivity index (χ2v) is 3.73. The van der Waals surface area contributed by atoms with Crippen LogP contribution in [0.3, 0.4) is 0 Å². The molecule has 80 valence electrons. The number of aliphatic hydroxyl groups excluding tert-OH is 1. The summed E-state index contributed by atoms with van der Waals surface area (Å²) in [6.07, 6.45) is 1.46. The van der Waals surface area contributed by atoms with Gasteiger partial charge < -0.3 is 10.8 Å². The molecule has 0 heterocycles. The maximum Gasteiger partial charge on any atom is 0.0839 e. The standard InChI is InChI=1S/C10H24N2O/c1-5-7-12(8(3)6-2)10(11)9(4)13/h8-10,13H,5-7,11H2,1-4H3. The molecule has 0 aromatic heterocycles. The molecule has 0 rings (SSSR count). The van der Waals surface area contributed by atoms with Gasteiger partial charge in [-0.2, -0.15) is 0 Å². The zero-order valence-corrected chi connectivity index (χ0v) is 9.33. The van der Waals surface area contributed by atoms with Crippen molar-refractivity contribution >= 4 is 0 Å². The lowest BCUT2D eigenvalue weighted by molar-refractivity contribution is 0.0396. The molecule has 0 aliphatic heterocycles. The van der Waals surface area contributed by atoms with E-state index in [1.54, 1.807) is 6.92 Å². The van der Waals surface area contributed by atoms with Gasteiger partial charge in [-0.15, -0.1) is 0 Å². The molecule has 0 radical (unpaired) electrons. The van der Waals surface area contributed by atoms with Gasteiger partial charge in [0, 0.05) is 6.04 Å². The summed E-state index contributed by atoms with van der Waals surface area (Å²) >= 11 is 0. The van der Waals surface area contributed by atoms with E-state index in [1.807, 2.05) is 0 Å². The van der Waals surface area contributed by atoms with Gasteiger partial charge in [0.1, 0.15) is 0 Å². The van der Waals surface area contributed by atoms with Gasteiger partial charge in [-0.1, -0.05) is 13.8 Å². The van der Waals surface area contributed by atoms with E-state index in [0.717, 1.165) is 19.4 Å². The van der Waals surface area contributed by atoms with Crippen LogP contribution in [0.2, 0.25) is 0 Å². The molecular formula is C10H24N2O. The third-order valence-electron chi connectivity index (χ3n) is 2.52. The van der Waals surface area contributed by atoms with Crippen LogP contribution in [0, 0.1) is 0 Å². The molecule has 0 spiro atoms. The molecule has 13 heavy (non-hydrogen) atoms. The van der Waals surface area contributed by atoms with Crippen molar-refractivity contribution in [2.75, 3.05) is 6.54 Å². The first-order chi connectivity index (χ1) is 6.04. The summed E-state index contributed by atoms with van der Waals surface area (Å²) in [5.74, 6) is 0. The summed E-state index contributed by atoms with van der Waals surface area (Å²) in [6.45, 7) is 9.13. The average Bonchev–Trinajstić information content (AvgIpc) is 2.11. The quantitative estimate of drug-likeness (QED) is 0.615. The minimum absolute atomic E-state index is 0.227. The zero-order chi connectivity index (χ0) is 10.4. The fraction of sp³-hybridized carbons (Fsp3) is 1.00. The molecule has 0 saturated heterocycles. The van der Waals surface area contributed by atoms with Crippen LogP contribution in [0.1, 0.15) is 40.5 Å². The topological polar surface area (TPSA) is 49.5 Å². The number of hydrogen-bond donors (Lipinski definition) is 2. The average molecular weight is 188 g/mol. The molecule has 3 atom stereocenters. The molecule has 0 fully saturated rings. The largest absolute Gasteiger partial charge is 0.390 e. The van der Waals surface area contributed by atoms with Gasteiger partial charge in [0.15, 0.2) is 0 Å². The molecule has 0 aliphatic carbocycles. The fourth-order valence-electron chi connectivity index (χ4n) is 1.43. The Bertz CT molecular complexity index is 128. The molecule has 3 nitrogen and oxygen atoms in total. The summed E-state index contributed by atoms with van der Waals surface area (Å²) in [6, 6.07) is 0.449. The Labute approximate surface area is 81.9 Å². The maximum absolute atomic E-state index is 9.40. The van der Waals surface area contributed by atoms with Gasteiger partial charge >= 0.3 is 0 Å².